The van der Waals surface area contributed by atoms with E-state index < -0.39 is 5.91 Å². The minimum Gasteiger partial charge on any atom is -0.504 e. The molecule has 0 radical (unpaired) electrons. The maximum atomic E-state index is 12.6. The summed E-state index contributed by atoms with van der Waals surface area (Å²) in [7, 11) is 2.81. The number of nitrogens with zero attached hydrogens (tertiary/aromatic N) is 2. The smallest absolute Gasteiger partial charge is 0.270 e. The number of methoxy groups -OCH3 is 2. The Hall–Kier alpha value is -2.85. The van der Waals surface area contributed by atoms with Crippen molar-refractivity contribution in [3.8, 4) is 17.2 Å². The van der Waals surface area contributed by atoms with E-state index in [1.54, 1.807) is 5.38 Å². The van der Waals surface area contributed by atoms with Crippen LogP contribution in [-0.4, -0.2) is 66.2 Å². The number of rotatable bonds is 10. The molecule has 2 rings (SSSR count). The van der Waals surface area contributed by atoms with Gasteiger partial charge >= 0.3 is 0 Å². The lowest BCUT2D eigenvalue weighted by Crippen LogP contribution is -2.42. The molecule has 0 saturated heterocycles. The van der Waals surface area contributed by atoms with Crippen LogP contribution < -0.4 is 20.1 Å². The molecule has 1 aromatic carbocycles. The number of phenolic OH excluding ortho intramolecular Hbond substituents is 1. The summed E-state index contributed by atoms with van der Waals surface area (Å²) in [5.74, 6) is -0.592. The van der Waals surface area contributed by atoms with Gasteiger partial charge in [0.15, 0.2) is 16.6 Å². The van der Waals surface area contributed by atoms with E-state index in [0.717, 1.165) is 17.9 Å². The highest BCUT2D eigenvalue weighted by Gasteiger charge is 2.19. The second-order valence-corrected chi connectivity index (χ2v) is 8.26. The first-order chi connectivity index (χ1) is 14.7. The first kappa shape index (κ1) is 24.4. The van der Waals surface area contributed by atoms with E-state index in [2.05, 4.69) is 48.2 Å². The molecule has 170 valence electrons. The van der Waals surface area contributed by atoms with Crippen LogP contribution in [0.25, 0.3) is 0 Å². The Bertz CT molecular complexity index is 905. The molecular weight excluding hydrogens is 420 g/mol. The predicted octanol–water partition coefficient (Wildman–Crippen LogP) is 2.97. The van der Waals surface area contributed by atoms with Gasteiger partial charge in [-0.25, -0.2) is 4.98 Å². The molecular formula is C21H30N4O5S. The molecule has 0 aliphatic carbocycles. The fraction of sp³-hybridized carbons (Fsp3) is 0.476. The molecule has 0 saturated carbocycles. The van der Waals surface area contributed by atoms with Crippen LogP contribution in [-0.2, 0) is 0 Å². The molecule has 0 aliphatic heterocycles. The number of benzene rings is 1. The summed E-state index contributed by atoms with van der Waals surface area (Å²) in [6, 6.07) is 3.44. The number of ether oxygens (including phenoxy) is 2. The van der Waals surface area contributed by atoms with E-state index in [0.29, 0.717) is 18.6 Å². The molecule has 2 aromatic rings. The fourth-order valence-corrected chi connectivity index (χ4v) is 3.85. The van der Waals surface area contributed by atoms with Crippen molar-refractivity contribution >= 4 is 28.3 Å². The minimum absolute atomic E-state index is 0.115. The van der Waals surface area contributed by atoms with Crippen LogP contribution in [0, 0.1) is 0 Å². The van der Waals surface area contributed by atoms with Gasteiger partial charge in [-0.1, -0.05) is 0 Å². The standard InChI is InChI=1S/C21H30N4O5S/c1-12(2)25(13(3)4)8-7-22-20(28)15-11-31-21(23-15)24-19(27)14-9-16(26)18(30-6)10-17(14)29-5/h9-13,26H,7-8H2,1-6H3,(H,22,28)(H,23,24,27). The summed E-state index contributed by atoms with van der Waals surface area (Å²) in [5, 5.41) is 17.3. The van der Waals surface area contributed by atoms with Crippen molar-refractivity contribution in [2.75, 3.05) is 32.6 Å². The van der Waals surface area contributed by atoms with Gasteiger partial charge in [0.2, 0.25) is 0 Å². The lowest BCUT2D eigenvalue weighted by atomic mass is 10.1. The summed E-state index contributed by atoms with van der Waals surface area (Å²) in [5.41, 5.74) is 0.343. The summed E-state index contributed by atoms with van der Waals surface area (Å²) >= 11 is 1.13. The van der Waals surface area contributed by atoms with Gasteiger partial charge in [-0.3, -0.25) is 19.8 Å². The largest absolute Gasteiger partial charge is 0.504 e. The number of hydrogen-bond donors (Lipinski definition) is 3. The van der Waals surface area contributed by atoms with E-state index in [-0.39, 0.29) is 39.5 Å². The highest BCUT2D eigenvalue weighted by Crippen LogP contribution is 2.34. The molecule has 0 spiro atoms. The van der Waals surface area contributed by atoms with Crippen molar-refractivity contribution in [3.05, 3.63) is 28.8 Å². The van der Waals surface area contributed by atoms with Gasteiger partial charge in [-0.15, -0.1) is 11.3 Å². The number of amides is 2. The second-order valence-electron chi connectivity index (χ2n) is 7.40. The van der Waals surface area contributed by atoms with Gasteiger partial charge in [-0.2, -0.15) is 0 Å². The van der Waals surface area contributed by atoms with Crippen molar-refractivity contribution in [2.45, 2.75) is 39.8 Å². The van der Waals surface area contributed by atoms with Crippen molar-refractivity contribution in [3.63, 3.8) is 0 Å². The first-order valence-electron chi connectivity index (χ1n) is 9.93. The Morgan fingerprint density at radius 2 is 1.74 bits per heavy atom. The topological polar surface area (TPSA) is 113 Å². The monoisotopic (exact) mass is 450 g/mol. The average molecular weight is 451 g/mol. The number of aromatic hydroxyl groups is 1. The highest BCUT2D eigenvalue weighted by molar-refractivity contribution is 7.14. The maximum absolute atomic E-state index is 12.6. The molecule has 0 atom stereocenters. The predicted molar refractivity (Wildman–Crippen MR) is 121 cm³/mol. The zero-order valence-corrected chi connectivity index (χ0v) is 19.5. The van der Waals surface area contributed by atoms with Crippen LogP contribution in [0.4, 0.5) is 5.13 Å². The Balaban J connectivity index is 2.01. The van der Waals surface area contributed by atoms with Crippen LogP contribution in [0.5, 0.6) is 17.2 Å². The van der Waals surface area contributed by atoms with Gasteiger partial charge < -0.3 is 19.9 Å². The van der Waals surface area contributed by atoms with Crippen molar-refractivity contribution < 1.29 is 24.2 Å². The van der Waals surface area contributed by atoms with E-state index >= 15 is 0 Å². The summed E-state index contributed by atoms with van der Waals surface area (Å²) in [4.78, 5) is 31.5. The van der Waals surface area contributed by atoms with Crippen molar-refractivity contribution in [1.29, 1.82) is 0 Å². The van der Waals surface area contributed by atoms with Gasteiger partial charge in [0, 0.05) is 42.7 Å². The molecule has 0 fully saturated rings. The van der Waals surface area contributed by atoms with E-state index in [1.807, 2.05) is 0 Å². The Kier molecular flexibility index (Phi) is 8.64. The lowest BCUT2D eigenvalue weighted by Gasteiger charge is -2.30. The lowest BCUT2D eigenvalue weighted by molar-refractivity contribution is 0.0934. The number of anilines is 1. The third-order valence-corrected chi connectivity index (χ3v) is 5.44. The third kappa shape index (κ3) is 6.31. The van der Waals surface area contributed by atoms with Crippen LogP contribution >= 0.6 is 11.3 Å². The number of carbonyl (C=O) groups excluding carboxylic acids is 2. The molecule has 0 bridgehead atoms. The van der Waals surface area contributed by atoms with E-state index in [4.69, 9.17) is 9.47 Å². The Morgan fingerprint density at radius 3 is 2.32 bits per heavy atom. The van der Waals surface area contributed by atoms with Gasteiger partial charge in [0.05, 0.1) is 19.8 Å². The Labute approximate surface area is 186 Å². The van der Waals surface area contributed by atoms with E-state index in [1.165, 1.54) is 26.4 Å². The van der Waals surface area contributed by atoms with Crippen molar-refractivity contribution in [2.24, 2.45) is 0 Å². The summed E-state index contributed by atoms with van der Waals surface area (Å²) in [6.07, 6.45) is 0. The number of thiazole rings is 1. The van der Waals surface area contributed by atoms with Crippen LogP contribution in [0.3, 0.4) is 0 Å². The summed E-state index contributed by atoms with van der Waals surface area (Å²) in [6.45, 7) is 9.71. The normalized spacial score (nSPS) is 11.1. The average Bonchev–Trinajstić information content (AvgIpc) is 3.18. The van der Waals surface area contributed by atoms with Gasteiger partial charge in [0.1, 0.15) is 11.4 Å². The molecule has 0 aliphatic rings. The van der Waals surface area contributed by atoms with Crippen LogP contribution in [0.15, 0.2) is 17.5 Å². The quantitative estimate of drug-likeness (QED) is 0.510. The Morgan fingerprint density at radius 1 is 1.10 bits per heavy atom. The molecule has 1 aromatic heterocycles. The number of aromatic nitrogens is 1. The zero-order chi connectivity index (χ0) is 23.1. The third-order valence-electron chi connectivity index (χ3n) is 4.69. The summed E-state index contributed by atoms with van der Waals surface area (Å²) < 4.78 is 10.2. The van der Waals surface area contributed by atoms with Crippen molar-refractivity contribution in [1.82, 2.24) is 15.2 Å². The molecule has 10 heteroatoms. The second kappa shape index (κ2) is 11.0. The molecule has 2 amide bonds. The van der Waals surface area contributed by atoms with Crippen LogP contribution in [0.1, 0.15) is 48.5 Å². The maximum Gasteiger partial charge on any atom is 0.270 e. The molecule has 31 heavy (non-hydrogen) atoms. The number of nitrogens with one attached hydrogen (secondary N) is 2. The highest BCUT2D eigenvalue weighted by atomic mass is 32.1. The van der Waals surface area contributed by atoms with Gasteiger partial charge in [0.25, 0.3) is 11.8 Å². The number of hydrogen-bond acceptors (Lipinski definition) is 8. The molecule has 0 unspecified atom stereocenters. The zero-order valence-electron chi connectivity index (χ0n) is 18.7. The van der Waals surface area contributed by atoms with Gasteiger partial charge in [-0.05, 0) is 27.7 Å². The minimum atomic E-state index is -0.527. The fourth-order valence-electron chi connectivity index (χ4n) is 3.16. The SMILES string of the molecule is COc1cc(OC)c(C(=O)Nc2nc(C(=O)NCCN(C(C)C)C(C)C)cs2)cc1O. The first-order valence-corrected chi connectivity index (χ1v) is 10.8. The number of phenols is 1. The molecule has 9 nitrogen and oxygen atoms in total. The van der Waals surface area contributed by atoms with E-state index in [9.17, 15) is 14.7 Å². The van der Waals surface area contributed by atoms with Crippen LogP contribution in [0.2, 0.25) is 0 Å². The molecule has 1 heterocycles. The molecule has 3 N–H and O–H groups in total. The number of carbonyl (C=O) groups is 2.